The van der Waals surface area contributed by atoms with Crippen LogP contribution in [0.4, 0.5) is 5.69 Å². The van der Waals surface area contributed by atoms with Gasteiger partial charge in [0.15, 0.2) is 16.7 Å². The quantitative estimate of drug-likeness (QED) is 0.361. The molecule has 8 heteroatoms. The molecule has 0 aromatic heterocycles. The van der Waals surface area contributed by atoms with Crippen molar-refractivity contribution in [2.24, 2.45) is 4.99 Å². The van der Waals surface area contributed by atoms with Gasteiger partial charge in [-0.05, 0) is 60.7 Å². The zero-order valence-electron chi connectivity index (χ0n) is 17.7. The molecule has 0 unspecified atom stereocenters. The van der Waals surface area contributed by atoms with E-state index in [2.05, 4.69) is 10.3 Å². The van der Waals surface area contributed by atoms with Gasteiger partial charge in [0.05, 0.1) is 22.2 Å². The van der Waals surface area contributed by atoms with Crippen LogP contribution < -0.4 is 14.8 Å². The third kappa shape index (κ3) is 5.90. The molecule has 0 bridgehead atoms. The van der Waals surface area contributed by atoms with Crippen LogP contribution >= 0.6 is 35.0 Å². The lowest BCUT2D eigenvalue weighted by molar-refractivity contribution is -0.115. The zero-order valence-corrected chi connectivity index (χ0v) is 20.0. The van der Waals surface area contributed by atoms with Gasteiger partial charge in [-0.2, -0.15) is 0 Å². The molecule has 1 aliphatic rings. The Bertz CT molecular complexity index is 1240. The van der Waals surface area contributed by atoms with Crippen LogP contribution in [0.1, 0.15) is 18.1 Å². The minimum atomic E-state index is -0.220. The summed E-state index contributed by atoms with van der Waals surface area (Å²) in [6.45, 7) is 2.70. The summed E-state index contributed by atoms with van der Waals surface area (Å²) in [4.78, 5) is 17.4. The molecule has 1 aliphatic heterocycles. The number of hydrogen-bond acceptors (Lipinski definition) is 5. The number of para-hydroxylation sites is 1. The van der Waals surface area contributed by atoms with Gasteiger partial charge in [-0.1, -0.05) is 59.6 Å². The maximum absolute atomic E-state index is 12.5. The van der Waals surface area contributed by atoms with E-state index >= 15 is 0 Å². The number of nitrogens with one attached hydrogen (secondary N) is 1. The highest BCUT2D eigenvalue weighted by atomic mass is 35.5. The van der Waals surface area contributed by atoms with Crippen molar-refractivity contribution >= 4 is 57.8 Å². The molecule has 1 fully saturated rings. The average molecular weight is 499 g/mol. The molecule has 0 radical (unpaired) electrons. The molecule has 4 rings (SSSR count). The molecule has 1 saturated heterocycles. The van der Waals surface area contributed by atoms with Gasteiger partial charge in [0.2, 0.25) is 0 Å². The van der Waals surface area contributed by atoms with E-state index in [-0.39, 0.29) is 5.91 Å². The van der Waals surface area contributed by atoms with Crippen LogP contribution in [0.15, 0.2) is 76.6 Å². The number of ether oxygens (including phenoxy) is 2. The summed E-state index contributed by atoms with van der Waals surface area (Å²) in [6.07, 6.45) is 1.79. The Morgan fingerprint density at radius 3 is 2.48 bits per heavy atom. The van der Waals surface area contributed by atoms with Crippen molar-refractivity contribution in [3.05, 3.63) is 92.8 Å². The second kappa shape index (κ2) is 10.8. The molecule has 33 heavy (non-hydrogen) atoms. The van der Waals surface area contributed by atoms with Crippen LogP contribution in [-0.4, -0.2) is 17.7 Å². The number of carbonyl (C=O) groups excluding carboxylic acids is 1. The van der Waals surface area contributed by atoms with E-state index in [1.54, 1.807) is 18.2 Å². The number of hydrogen-bond donors (Lipinski definition) is 1. The summed E-state index contributed by atoms with van der Waals surface area (Å²) in [5.74, 6) is 0.971. The Morgan fingerprint density at radius 2 is 1.73 bits per heavy atom. The SMILES string of the molecule is CCOc1cc(/C=C2\SC(=Nc3ccccc3Cl)NC2=O)ccc1OCc1ccccc1Cl. The first kappa shape index (κ1) is 23.2. The maximum atomic E-state index is 12.5. The molecular formula is C25H20Cl2N2O3S. The van der Waals surface area contributed by atoms with Crippen molar-refractivity contribution in [2.45, 2.75) is 13.5 Å². The van der Waals surface area contributed by atoms with Crippen molar-refractivity contribution in [3.63, 3.8) is 0 Å². The standard InChI is InChI=1S/C25H20Cl2N2O3S/c1-2-31-22-13-16(11-12-21(22)32-15-17-7-3-4-8-18(17)26)14-23-24(30)29-25(33-23)28-20-10-6-5-9-19(20)27/h3-14H,2,15H2,1H3,(H,28,29,30)/b23-14-. The fraction of sp³-hybridized carbons (Fsp3) is 0.120. The van der Waals surface area contributed by atoms with Gasteiger partial charge in [-0.15, -0.1) is 0 Å². The van der Waals surface area contributed by atoms with Gasteiger partial charge in [0, 0.05) is 10.6 Å². The Morgan fingerprint density at radius 1 is 0.970 bits per heavy atom. The molecule has 1 amide bonds. The van der Waals surface area contributed by atoms with E-state index < -0.39 is 0 Å². The third-order valence-corrected chi connectivity index (χ3v) is 6.23. The normalized spacial score (nSPS) is 15.7. The first-order valence-electron chi connectivity index (χ1n) is 10.2. The van der Waals surface area contributed by atoms with Crippen LogP contribution in [0, 0.1) is 0 Å². The fourth-order valence-electron chi connectivity index (χ4n) is 3.06. The predicted molar refractivity (Wildman–Crippen MR) is 136 cm³/mol. The van der Waals surface area contributed by atoms with Gasteiger partial charge in [-0.3, -0.25) is 4.79 Å². The van der Waals surface area contributed by atoms with E-state index in [1.807, 2.05) is 61.5 Å². The molecule has 1 N–H and O–H groups in total. The minimum Gasteiger partial charge on any atom is -0.490 e. The lowest BCUT2D eigenvalue weighted by Crippen LogP contribution is -2.19. The van der Waals surface area contributed by atoms with E-state index in [4.69, 9.17) is 32.7 Å². The summed E-state index contributed by atoms with van der Waals surface area (Å²) in [6, 6.07) is 20.3. The molecule has 3 aromatic rings. The van der Waals surface area contributed by atoms with Crippen molar-refractivity contribution in [1.29, 1.82) is 0 Å². The van der Waals surface area contributed by atoms with Gasteiger partial charge in [-0.25, -0.2) is 4.99 Å². The molecule has 3 aromatic carbocycles. The number of halogens is 2. The maximum Gasteiger partial charge on any atom is 0.264 e. The smallest absolute Gasteiger partial charge is 0.264 e. The van der Waals surface area contributed by atoms with Crippen LogP contribution in [0.25, 0.3) is 6.08 Å². The molecule has 0 spiro atoms. The Labute approximate surface area is 206 Å². The van der Waals surface area contributed by atoms with Crippen molar-refractivity contribution in [3.8, 4) is 11.5 Å². The third-order valence-electron chi connectivity index (χ3n) is 4.63. The Balaban J connectivity index is 1.53. The van der Waals surface area contributed by atoms with Gasteiger partial charge >= 0.3 is 0 Å². The number of thioether (sulfide) groups is 1. The van der Waals surface area contributed by atoms with E-state index in [1.165, 1.54) is 11.8 Å². The van der Waals surface area contributed by atoms with E-state index in [0.29, 0.717) is 50.5 Å². The number of amides is 1. The van der Waals surface area contributed by atoms with Gasteiger partial charge in [0.1, 0.15) is 6.61 Å². The summed E-state index contributed by atoms with van der Waals surface area (Å²) in [5.41, 5.74) is 2.29. The first-order valence-corrected chi connectivity index (χ1v) is 11.8. The number of carbonyl (C=O) groups is 1. The monoisotopic (exact) mass is 498 g/mol. The summed E-state index contributed by atoms with van der Waals surface area (Å²) in [5, 5.41) is 4.42. The van der Waals surface area contributed by atoms with Crippen LogP contribution in [0.3, 0.4) is 0 Å². The van der Waals surface area contributed by atoms with Crippen LogP contribution in [-0.2, 0) is 11.4 Å². The Kier molecular flexibility index (Phi) is 7.60. The number of amidine groups is 1. The average Bonchev–Trinajstić information content (AvgIpc) is 3.14. The topological polar surface area (TPSA) is 59.9 Å². The first-order chi connectivity index (χ1) is 16.0. The second-order valence-corrected chi connectivity index (χ2v) is 8.80. The largest absolute Gasteiger partial charge is 0.490 e. The van der Waals surface area contributed by atoms with E-state index in [0.717, 1.165) is 11.1 Å². The number of rotatable bonds is 7. The van der Waals surface area contributed by atoms with Crippen LogP contribution in [0.2, 0.25) is 10.0 Å². The van der Waals surface area contributed by atoms with E-state index in [9.17, 15) is 4.79 Å². The van der Waals surface area contributed by atoms with Gasteiger partial charge < -0.3 is 14.8 Å². The highest BCUT2D eigenvalue weighted by Crippen LogP contribution is 2.34. The van der Waals surface area contributed by atoms with Crippen molar-refractivity contribution in [1.82, 2.24) is 5.32 Å². The van der Waals surface area contributed by atoms with Gasteiger partial charge in [0.25, 0.3) is 5.91 Å². The number of nitrogens with zero attached hydrogens (tertiary/aromatic N) is 1. The minimum absolute atomic E-state index is 0.220. The molecule has 0 saturated carbocycles. The molecule has 168 valence electrons. The molecule has 0 aliphatic carbocycles. The number of aliphatic imine (C=N–C) groups is 1. The number of benzene rings is 3. The van der Waals surface area contributed by atoms with Crippen molar-refractivity contribution in [2.75, 3.05) is 6.61 Å². The summed E-state index contributed by atoms with van der Waals surface area (Å²) in [7, 11) is 0. The highest BCUT2D eigenvalue weighted by Gasteiger charge is 2.24. The molecular weight excluding hydrogens is 479 g/mol. The molecule has 0 atom stereocenters. The summed E-state index contributed by atoms with van der Waals surface area (Å²) >= 11 is 13.6. The highest BCUT2D eigenvalue weighted by molar-refractivity contribution is 8.18. The van der Waals surface area contributed by atoms with Crippen LogP contribution in [0.5, 0.6) is 11.5 Å². The zero-order chi connectivity index (χ0) is 23.2. The summed E-state index contributed by atoms with van der Waals surface area (Å²) < 4.78 is 11.7. The van der Waals surface area contributed by atoms with Crippen molar-refractivity contribution < 1.29 is 14.3 Å². The fourth-order valence-corrected chi connectivity index (χ4v) is 4.26. The predicted octanol–water partition coefficient (Wildman–Crippen LogP) is 6.86. The molecule has 5 nitrogen and oxygen atoms in total. The lowest BCUT2D eigenvalue weighted by Gasteiger charge is -2.13. The Hall–Kier alpha value is -2.93. The molecule has 1 heterocycles. The lowest BCUT2D eigenvalue weighted by atomic mass is 10.2. The second-order valence-electron chi connectivity index (χ2n) is 6.95.